The summed E-state index contributed by atoms with van der Waals surface area (Å²) in [6.45, 7) is 4.75. The maximum absolute atomic E-state index is 12.1. The Labute approximate surface area is 112 Å². The number of carbonyl (C=O) groups excluding carboxylic acids is 1. The predicted molar refractivity (Wildman–Crippen MR) is 73.3 cm³/mol. The molecule has 4 nitrogen and oxygen atoms in total. The summed E-state index contributed by atoms with van der Waals surface area (Å²) in [5.41, 5.74) is 7.70. The molecule has 5 heteroatoms. The number of ether oxygens (including phenoxy) is 1. The zero-order chi connectivity index (χ0) is 13.3. The Morgan fingerprint density at radius 3 is 2.72 bits per heavy atom. The predicted octanol–water partition coefficient (Wildman–Crippen LogP) is 1.51. The average Bonchev–Trinajstić information content (AvgIpc) is 2.74. The molecule has 18 heavy (non-hydrogen) atoms. The van der Waals surface area contributed by atoms with Gasteiger partial charge in [0.25, 0.3) is 5.91 Å². The molecule has 0 aliphatic carbocycles. The lowest BCUT2D eigenvalue weighted by molar-refractivity contribution is 0.0932. The number of hydrogen-bond donors (Lipinski definition) is 2. The molecule has 0 fully saturated rings. The fourth-order valence-corrected chi connectivity index (χ4v) is 1.78. The SMILES string of the molecule is CC(C)(NC(=O)c1ccc2c(c1)COC2)C(N)=S. The third-order valence-electron chi connectivity index (χ3n) is 3.03. The van der Waals surface area contributed by atoms with Crippen LogP contribution < -0.4 is 11.1 Å². The molecule has 1 aromatic rings. The number of carbonyl (C=O) groups is 1. The molecule has 0 aromatic heterocycles. The lowest BCUT2D eigenvalue weighted by Gasteiger charge is -2.24. The molecule has 0 radical (unpaired) electrons. The Morgan fingerprint density at radius 2 is 2.06 bits per heavy atom. The molecule has 1 aliphatic rings. The monoisotopic (exact) mass is 264 g/mol. The molecular weight excluding hydrogens is 248 g/mol. The molecule has 0 saturated carbocycles. The van der Waals surface area contributed by atoms with Crippen LogP contribution in [-0.2, 0) is 18.0 Å². The van der Waals surface area contributed by atoms with Crippen molar-refractivity contribution < 1.29 is 9.53 Å². The number of thiocarbonyl (C=S) groups is 1. The molecule has 0 atom stereocenters. The van der Waals surface area contributed by atoms with Gasteiger partial charge >= 0.3 is 0 Å². The minimum absolute atomic E-state index is 0.178. The summed E-state index contributed by atoms with van der Waals surface area (Å²) in [5.74, 6) is -0.178. The first-order chi connectivity index (χ1) is 8.40. The van der Waals surface area contributed by atoms with Crippen molar-refractivity contribution in [3.8, 4) is 0 Å². The second kappa shape index (κ2) is 4.66. The van der Waals surface area contributed by atoms with E-state index in [2.05, 4.69) is 5.32 Å². The van der Waals surface area contributed by atoms with Crippen LogP contribution in [0.25, 0.3) is 0 Å². The van der Waals surface area contributed by atoms with Crippen LogP contribution in [0.3, 0.4) is 0 Å². The number of fused-ring (bicyclic) bond motifs is 1. The van der Waals surface area contributed by atoms with Crippen molar-refractivity contribution in [2.45, 2.75) is 32.6 Å². The Hall–Kier alpha value is -1.46. The lowest BCUT2D eigenvalue weighted by atomic mass is 10.0. The molecular formula is C13H16N2O2S. The highest BCUT2D eigenvalue weighted by Gasteiger charge is 2.24. The van der Waals surface area contributed by atoms with Crippen molar-refractivity contribution in [3.63, 3.8) is 0 Å². The normalized spacial score (nSPS) is 14.1. The van der Waals surface area contributed by atoms with Crippen LogP contribution in [0, 0.1) is 0 Å². The molecule has 3 N–H and O–H groups in total. The van der Waals surface area contributed by atoms with Gasteiger partial charge in [0, 0.05) is 5.56 Å². The first-order valence-corrected chi connectivity index (χ1v) is 6.13. The van der Waals surface area contributed by atoms with E-state index >= 15 is 0 Å². The van der Waals surface area contributed by atoms with Crippen LogP contribution in [0.4, 0.5) is 0 Å². The summed E-state index contributed by atoms with van der Waals surface area (Å²) in [6.07, 6.45) is 0. The van der Waals surface area contributed by atoms with Crippen molar-refractivity contribution >= 4 is 23.1 Å². The summed E-state index contributed by atoms with van der Waals surface area (Å²) in [4.78, 5) is 12.4. The number of rotatable bonds is 3. The van der Waals surface area contributed by atoms with Gasteiger partial charge in [-0.2, -0.15) is 0 Å². The van der Waals surface area contributed by atoms with Gasteiger partial charge in [-0.15, -0.1) is 0 Å². The van der Waals surface area contributed by atoms with E-state index in [1.54, 1.807) is 19.9 Å². The zero-order valence-corrected chi connectivity index (χ0v) is 11.3. The highest BCUT2D eigenvalue weighted by molar-refractivity contribution is 7.80. The van der Waals surface area contributed by atoms with Crippen molar-refractivity contribution in [1.29, 1.82) is 0 Å². The summed E-state index contributed by atoms with van der Waals surface area (Å²) < 4.78 is 5.32. The molecule has 0 saturated heterocycles. The number of hydrogen-bond acceptors (Lipinski definition) is 3. The topological polar surface area (TPSA) is 64.3 Å². The minimum Gasteiger partial charge on any atom is -0.391 e. The second-order valence-corrected chi connectivity index (χ2v) is 5.36. The molecule has 0 unspecified atom stereocenters. The van der Waals surface area contributed by atoms with Crippen LogP contribution in [0.2, 0.25) is 0 Å². The standard InChI is InChI=1S/C13H16N2O2S/c1-13(2,12(14)18)15-11(16)8-3-4-9-6-17-7-10(9)5-8/h3-5H,6-7H2,1-2H3,(H2,14,18)(H,15,16). The average molecular weight is 264 g/mol. The van der Waals surface area contributed by atoms with Crippen molar-refractivity contribution in [3.05, 3.63) is 34.9 Å². The number of benzene rings is 1. The van der Waals surface area contributed by atoms with Crippen molar-refractivity contribution in [2.75, 3.05) is 0 Å². The van der Waals surface area contributed by atoms with E-state index in [0.29, 0.717) is 18.8 Å². The van der Waals surface area contributed by atoms with Gasteiger partial charge in [0.05, 0.1) is 23.7 Å². The van der Waals surface area contributed by atoms with E-state index in [0.717, 1.165) is 11.1 Å². The maximum Gasteiger partial charge on any atom is 0.252 e. The summed E-state index contributed by atoms with van der Waals surface area (Å²) in [7, 11) is 0. The minimum atomic E-state index is -0.693. The van der Waals surface area contributed by atoms with Gasteiger partial charge < -0.3 is 15.8 Å². The summed E-state index contributed by atoms with van der Waals surface area (Å²) >= 11 is 4.92. The first-order valence-electron chi connectivity index (χ1n) is 5.72. The Bertz CT molecular complexity index is 512. The molecule has 96 valence electrons. The number of amides is 1. The van der Waals surface area contributed by atoms with Gasteiger partial charge in [-0.1, -0.05) is 18.3 Å². The molecule has 2 rings (SSSR count). The zero-order valence-electron chi connectivity index (χ0n) is 10.4. The molecule has 1 aromatic carbocycles. The van der Waals surface area contributed by atoms with E-state index in [9.17, 15) is 4.79 Å². The summed E-state index contributed by atoms with van der Waals surface area (Å²) in [6, 6.07) is 5.57. The molecule has 1 heterocycles. The Morgan fingerprint density at radius 1 is 1.39 bits per heavy atom. The molecule has 0 bridgehead atoms. The Kier molecular flexibility index (Phi) is 3.36. The van der Waals surface area contributed by atoms with Crippen molar-refractivity contribution in [1.82, 2.24) is 5.32 Å². The van der Waals surface area contributed by atoms with Gasteiger partial charge in [0.15, 0.2) is 0 Å². The van der Waals surface area contributed by atoms with E-state index in [1.807, 2.05) is 12.1 Å². The third-order valence-corrected chi connectivity index (χ3v) is 3.54. The smallest absolute Gasteiger partial charge is 0.252 e. The maximum atomic E-state index is 12.1. The molecule has 1 amide bonds. The van der Waals surface area contributed by atoms with Gasteiger partial charge in [0.1, 0.15) is 0 Å². The van der Waals surface area contributed by atoms with Gasteiger partial charge in [-0.3, -0.25) is 4.79 Å². The van der Waals surface area contributed by atoms with Gasteiger partial charge in [-0.25, -0.2) is 0 Å². The highest BCUT2D eigenvalue weighted by Crippen LogP contribution is 2.21. The quantitative estimate of drug-likeness (QED) is 0.812. The van der Waals surface area contributed by atoms with E-state index in [1.165, 1.54) is 0 Å². The van der Waals surface area contributed by atoms with Crippen LogP contribution >= 0.6 is 12.2 Å². The Balaban J connectivity index is 2.17. The van der Waals surface area contributed by atoms with E-state index in [4.69, 9.17) is 22.7 Å². The second-order valence-electron chi connectivity index (χ2n) is 4.92. The fourth-order valence-electron chi connectivity index (χ4n) is 1.73. The molecule has 1 aliphatic heterocycles. The number of nitrogens with one attached hydrogen (secondary N) is 1. The molecule has 0 spiro atoms. The van der Waals surface area contributed by atoms with Gasteiger partial charge in [0.2, 0.25) is 0 Å². The van der Waals surface area contributed by atoms with Crippen molar-refractivity contribution in [2.24, 2.45) is 5.73 Å². The van der Waals surface area contributed by atoms with E-state index < -0.39 is 5.54 Å². The number of nitrogens with two attached hydrogens (primary N) is 1. The third kappa shape index (κ3) is 2.52. The van der Waals surface area contributed by atoms with Crippen LogP contribution in [0.5, 0.6) is 0 Å². The summed E-state index contributed by atoms with van der Waals surface area (Å²) in [5, 5.41) is 2.82. The first kappa shape index (κ1) is 13.0. The van der Waals surface area contributed by atoms with Crippen LogP contribution in [-0.4, -0.2) is 16.4 Å². The lowest BCUT2D eigenvalue weighted by Crippen LogP contribution is -2.52. The van der Waals surface area contributed by atoms with Gasteiger partial charge in [-0.05, 0) is 37.1 Å². The van der Waals surface area contributed by atoms with E-state index in [-0.39, 0.29) is 10.9 Å². The largest absolute Gasteiger partial charge is 0.391 e. The fraction of sp³-hybridized carbons (Fsp3) is 0.385. The van der Waals surface area contributed by atoms with Crippen LogP contribution in [0.1, 0.15) is 35.3 Å². The highest BCUT2D eigenvalue weighted by atomic mass is 32.1. The van der Waals surface area contributed by atoms with Crippen LogP contribution in [0.15, 0.2) is 18.2 Å².